The number of rotatable bonds is 4. The van der Waals surface area contributed by atoms with Gasteiger partial charge in [-0.15, -0.1) is 0 Å². The zero-order valence-electron chi connectivity index (χ0n) is 11.5. The van der Waals surface area contributed by atoms with Gasteiger partial charge in [-0.05, 0) is 31.4 Å². The van der Waals surface area contributed by atoms with Crippen molar-refractivity contribution in [1.82, 2.24) is 0 Å². The van der Waals surface area contributed by atoms with Gasteiger partial charge >= 0.3 is 0 Å². The molecule has 0 unspecified atom stereocenters. The highest BCUT2D eigenvalue weighted by atomic mass is 32.2. The van der Waals surface area contributed by atoms with Gasteiger partial charge < -0.3 is 10.0 Å². The Morgan fingerprint density at radius 2 is 2.10 bits per heavy atom. The summed E-state index contributed by atoms with van der Waals surface area (Å²) in [4.78, 5) is 12.0. The van der Waals surface area contributed by atoms with Gasteiger partial charge in [-0.1, -0.05) is 0 Å². The van der Waals surface area contributed by atoms with Crippen LogP contribution >= 0.6 is 0 Å². The van der Waals surface area contributed by atoms with Crippen molar-refractivity contribution < 1.29 is 18.4 Å². The quantitative estimate of drug-likeness (QED) is 0.618. The molecule has 0 amide bonds. The molecule has 0 saturated heterocycles. The zero-order valence-corrected chi connectivity index (χ0v) is 12.3. The molecule has 0 aliphatic heterocycles. The molecule has 2 atom stereocenters. The van der Waals surface area contributed by atoms with Gasteiger partial charge in [-0.25, -0.2) is 13.6 Å². The number of hydrogen-bond acceptors (Lipinski definition) is 6. The number of nitrogens with two attached hydrogens (primary N) is 1. The lowest BCUT2D eigenvalue weighted by molar-refractivity contribution is -0.384. The largest absolute Gasteiger partial charge is 0.393 e. The van der Waals surface area contributed by atoms with Crippen LogP contribution in [0, 0.1) is 10.1 Å². The van der Waals surface area contributed by atoms with E-state index >= 15 is 0 Å². The summed E-state index contributed by atoms with van der Waals surface area (Å²) >= 11 is 0. The van der Waals surface area contributed by atoms with Crippen molar-refractivity contribution in [3.05, 3.63) is 28.3 Å². The second-order valence-corrected chi connectivity index (χ2v) is 6.75. The van der Waals surface area contributed by atoms with E-state index in [9.17, 15) is 23.6 Å². The fourth-order valence-electron chi connectivity index (χ4n) is 2.61. The lowest BCUT2D eigenvalue weighted by Gasteiger charge is -2.26. The summed E-state index contributed by atoms with van der Waals surface area (Å²) in [5.74, 6) is 0. The fourth-order valence-corrected chi connectivity index (χ4v) is 3.14. The van der Waals surface area contributed by atoms with E-state index in [-0.39, 0.29) is 16.6 Å². The van der Waals surface area contributed by atoms with Gasteiger partial charge in [-0.2, -0.15) is 0 Å². The molecule has 1 aliphatic rings. The van der Waals surface area contributed by atoms with E-state index in [0.717, 1.165) is 12.5 Å². The van der Waals surface area contributed by atoms with E-state index in [4.69, 9.17) is 5.14 Å². The van der Waals surface area contributed by atoms with Gasteiger partial charge in [0, 0.05) is 19.2 Å². The molecule has 1 aromatic carbocycles. The van der Waals surface area contributed by atoms with Gasteiger partial charge in [0.1, 0.15) is 5.69 Å². The highest BCUT2D eigenvalue weighted by Gasteiger charge is 2.30. The maximum absolute atomic E-state index is 11.3. The first-order valence-electron chi connectivity index (χ1n) is 6.42. The number of nitro groups is 1. The fraction of sp³-hybridized carbons (Fsp3) is 0.500. The van der Waals surface area contributed by atoms with Crippen LogP contribution in [-0.4, -0.2) is 37.6 Å². The highest BCUT2D eigenvalue weighted by Crippen LogP contribution is 2.34. The third-order valence-corrected chi connectivity index (χ3v) is 4.69. The van der Waals surface area contributed by atoms with Crippen molar-refractivity contribution >= 4 is 21.4 Å². The Morgan fingerprint density at radius 3 is 2.57 bits per heavy atom. The molecule has 0 bridgehead atoms. The first-order chi connectivity index (χ1) is 9.70. The molecule has 0 heterocycles. The minimum absolute atomic E-state index is 0.0148. The van der Waals surface area contributed by atoms with E-state index in [1.54, 1.807) is 11.9 Å². The van der Waals surface area contributed by atoms with E-state index in [1.807, 2.05) is 0 Å². The molecule has 0 radical (unpaired) electrons. The maximum Gasteiger partial charge on any atom is 0.293 e. The monoisotopic (exact) mass is 315 g/mol. The molecule has 2 rings (SSSR count). The van der Waals surface area contributed by atoms with Gasteiger partial charge in [0.05, 0.1) is 15.9 Å². The molecular weight excluding hydrogens is 298 g/mol. The molecule has 0 spiro atoms. The van der Waals surface area contributed by atoms with Crippen molar-refractivity contribution in [2.75, 3.05) is 11.9 Å². The Balaban J connectivity index is 2.41. The molecule has 1 saturated carbocycles. The van der Waals surface area contributed by atoms with Crippen LogP contribution in [0.3, 0.4) is 0 Å². The summed E-state index contributed by atoms with van der Waals surface area (Å²) in [5.41, 5.74) is -0.00286. The number of hydrogen-bond donors (Lipinski definition) is 2. The Hall–Kier alpha value is -1.71. The molecule has 21 heavy (non-hydrogen) atoms. The summed E-state index contributed by atoms with van der Waals surface area (Å²) in [6.07, 6.45) is 1.51. The number of nitrogens with zero attached hydrogens (tertiary/aromatic N) is 2. The van der Waals surface area contributed by atoms with Crippen molar-refractivity contribution in [3.63, 3.8) is 0 Å². The number of aliphatic hydroxyl groups excluding tert-OH is 1. The topological polar surface area (TPSA) is 127 Å². The van der Waals surface area contributed by atoms with E-state index in [2.05, 4.69) is 0 Å². The Bertz CT molecular complexity index is 661. The normalized spacial score (nSPS) is 22.2. The Kier molecular flexibility index (Phi) is 4.17. The minimum Gasteiger partial charge on any atom is -0.393 e. The molecule has 0 aromatic heterocycles. The predicted octanol–water partition coefficient (Wildman–Crippen LogP) is 0.592. The molecule has 1 fully saturated rings. The first-order valence-corrected chi connectivity index (χ1v) is 7.97. The van der Waals surface area contributed by atoms with Crippen LogP contribution in [0.5, 0.6) is 0 Å². The molecular formula is C12H17N3O5S. The van der Waals surface area contributed by atoms with Crippen molar-refractivity contribution in [2.45, 2.75) is 36.3 Å². The molecule has 1 aromatic rings. The molecule has 8 nitrogen and oxygen atoms in total. The number of primary sulfonamides is 1. The molecule has 3 N–H and O–H groups in total. The third-order valence-electron chi connectivity index (χ3n) is 3.78. The molecule has 1 aliphatic carbocycles. The summed E-state index contributed by atoms with van der Waals surface area (Å²) in [7, 11) is -2.30. The van der Waals surface area contributed by atoms with Gasteiger partial charge in [-0.3, -0.25) is 10.1 Å². The standard InChI is InChI=1S/C12H17N3O5S/c1-14(8-2-3-9(16)6-8)11-5-4-10(21(13,19)20)7-12(11)15(17)18/h4-5,7-9,16H,2-3,6H2,1H3,(H2,13,19,20)/t8-,9-/m0/s1. The third kappa shape index (κ3) is 3.31. The Morgan fingerprint density at radius 1 is 1.43 bits per heavy atom. The number of benzene rings is 1. The zero-order chi connectivity index (χ0) is 15.8. The van der Waals surface area contributed by atoms with Crippen LogP contribution in [0.1, 0.15) is 19.3 Å². The van der Waals surface area contributed by atoms with Crippen LogP contribution in [0.4, 0.5) is 11.4 Å². The summed E-state index contributed by atoms with van der Waals surface area (Å²) in [5, 5.41) is 25.7. The van der Waals surface area contributed by atoms with Gasteiger partial charge in [0.15, 0.2) is 0 Å². The second-order valence-electron chi connectivity index (χ2n) is 5.18. The van der Waals surface area contributed by atoms with Crippen LogP contribution in [0.2, 0.25) is 0 Å². The van der Waals surface area contributed by atoms with Gasteiger partial charge in [0.25, 0.3) is 5.69 Å². The van der Waals surface area contributed by atoms with Crippen LogP contribution in [-0.2, 0) is 10.0 Å². The molecule has 9 heteroatoms. The first kappa shape index (κ1) is 15.7. The van der Waals surface area contributed by atoms with Crippen molar-refractivity contribution in [2.24, 2.45) is 5.14 Å². The van der Waals surface area contributed by atoms with E-state index < -0.39 is 21.1 Å². The Labute approximate surface area is 122 Å². The van der Waals surface area contributed by atoms with Crippen molar-refractivity contribution in [1.29, 1.82) is 0 Å². The number of sulfonamides is 1. The number of anilines is 1. The lowest BCUT2D eigenvalue weighted by Crippen LogP contribution is -2.30. The minimum atomic E-state index is -3.99. The summed E-state index contributed by atoms with van der Waals surface area (Å²) in [6.45, 7) is 0. The number of aliphatic hydroxyl groups is 1. The smallest absolute Gasteiger partial charge is 0.293 e. The maximum atomic E-state index is 11.3. The van der Waals surface area contributed by atoms with Crippen LogP contribution < -0.4 is 10.0 Å². The van der Waals surface area contributed by atoms with Crippen LogP contribution in [0.15, 0.2) is 23.1 Å². The lowest BCUT2D eigenvalue weighted by atomic mass is 10.1. The van der Waals surface area contributed by atoms with E-state index in [1.165, 1.54) is 12.1 Å². The van der Waals surface area contributed by atoms with E-state index in [0.29, 0.717) is 18.5 Å². The van der Waals surface area contributed by atoms with Crippen LogP contribution in [0.25, 0.3) is 0 Å². The predicted molar refractivity (Wildman–Crippen MR) is 76.5 cm³/mol. The summed E-state index contributed by atoms with van der Waals surface area (Å²) in [6, 6.07) is 3.58. The summed E-state index contributed by atoms with van der Waals surface area (Å²) < 4.78 is 22.6. The molecule has 116 valence electrons. The highest BCUT2D eigenvalue weighted by molar-refractivity contribution is 7.89. The second kappa shape index (κ2) is 5.58. The van der Waals surface area contributed by atoms with Crippen molar-refractivity contribution in [3.8, 4) is 0 Å². The van der Waals surface area contributed by atoms with Gasteiger partial charge in [0.2, 0.25) is 10.0 Å². The average Bonchev–Trinajstić information content (AvgIpc) is 2.82. The number of nitro benzene ring substituents is 1. The SMILES string of the molecule is CN(c1ccc(S(N)(=O)=O)cc1[N+](=O)[O-])[C@H]1CC[C@H](O)C1. The average molecular weight is 315 g/mol.